The number of Topliss-reactive ketones (excluding diaryl/α,β-unsaturated/α-hetero) is 1. The molecule has 0 aliphatic rings. The Morgan fingerprint density at radius 3 is 2.67 bits per heavy atom. The molecule has 1 aromatic rings. The summed E-state index contributed by atoms with van der Waals surface area (Å²) in [5.41, 5.74) is 1.42. The average Bonchev–Trinajstić information content (AvgIpc) is 2.14. The van der Waals surface area contributed by atoms with Crippen molar-refractivity contribution in [2.24, 2.45) is 0 Å². The molecule has 0 saturated heterocycles. The summed E-state index contributed by atoms with van der Waals surface area (Å²) in [6.45, 7) is 3.34. The first-order valence-electron chi connectivity index (χ1n) is 2.73. The fraction of sp³-hybridized carbons (Fsp3) is 0.333. The third kappa shape index (κ3) is 1.16. The second kappa shape index (κ2) is 2.01. The van der Waals surface area contributed by atoms with Crippen LogP contribution in [0.25, 0.3) is 0 Å². The molecule has 1 N–H and O–H groups in total. The molecule has 1 rings (SSSR count). The van der Waals surface area contributed by atoms with Crippen molar-refractivity contribution in [3.63, 3.8) is 0 Å². The zero-order chi connectivity index (χ0) is 6.85. The predicted octanol–water partition coefficient (Wildman–Crippen LogP) is 0.921. The molecule has 0 saturated carbocycles. The second-order valence-electron chi connectivity index (χ2n) is 1.98. The summed E-state index contributed by atoms with van der Waals surface area (Å²) in [6, 6.07) is 1.72. The van der Waals surface area contributed by atoms with Gasteiger partial charge in [0.25, 0.3) is 0 Å². The number of carbonyl (C=O) groups is 1. The van der Waals surface area contributed by atoms with Gasteiger partial charge in [0, 0.05) is 6.92 Å². The van der Waals surface area contributed by atoms with Crippen LogP contribution >= 0.6 is 0 Å². The van der Waals surface area contributed by atoms with E-state index in [1.54, 1.807) is 6.07 Å². The van der Waals surface area contributed by atoms with Crippen LogP contribution in [0.15, 0.2) is 6.07 Å². The molecule has 3 heteroatoms. The topological polar surface area (TPSA) is 45.8 Å². The molecule has 0 bridgehead atoms. The van der Waals surface area contributed by atoms with Gasteiger partial charge in [0.15, 0.2) is 5.78 Å². The third-order valence-electron chi connectivity index (χ3n) is 1.09. The van der Waals surface area contributed by atoms with Crippen LogP contribution in [-0.4, -0.2) is 16.0 Å². The molecule has 1 heterocycles. The van der Waals surface area contributed by atoms with Crippen LogP contribution in [0.4, 0.5) is 0 Å². The first-order valence-corrected chi connectivity index (χ1v) is 2.73. The molecule has 0 aromatic carbocycles. The molecule has 0 unspecified atom stereocenters. The Morgan fingerprint density at radius 2 is 2.44 bits per heavy atom. The van der Waals surface area contributed by atoms with E-state index in [2.05, 4.69) is 10.2 Å². The Morgan fingerprint density at radius 1 is 1.78 bits per heavy atom. The summed E-state index contributed by atoms with van der Waals surface area (Å²) in [5.74, 6) is 0.0237. The Bertz CT molecular complexity index is 227. The Hall–Kier alpha value is -1.12. The van der Waals surface area contributed by atoms with Gasteiger partial charge >= 0.3 is 0 Å². The van der Waals surface area contributed by atoms with E-state index in [0.29, 0.717) is 5.69 Å². The van der Waals surface area contributed by atoms with Gasteiger partial charge in [-0.25, -0.2) is 0 Å². The number of ketones is 1. The van der Waals surface area contributed by atoms with Gasteiger partial charge in [0.05, 0.1) is 5.69 Å². The lowest BCUT2D eigenvalue weighted by Crippen LogP contribution is -1.90. The summed E-state index contributed by atoms with van der Waals surface area (Å²) in [4.78, 5) is 10.6. The highest BCUT2D eigenvalue weighted by molar-refractivity contribution is 5.92. The van der Waals surface area contributed by atoms with Crippen molar-refractivity contribution in [1.82, 2.24) is 10.2 Å². The molecule has 0 aliphatic heterocycles. The zero-order valence-corrected chi connectivity index (χ0v) is 5.43. The number of rotatable bonds is 1. The maximum absolute atomic E-state index is 10.6. The van der Waals surface area contributed by atoms with Crippen molar-refractivity contribution in [3.05, 3.63) is 17.5 Å². The third-order valence-corrected chi connectivity index (χ3v) is 1.09. The van der Waals surface area contributed by atoms with Crippen LogP contribution in [-0.2, 0) is 0 Å². The van der Waals surface area contributed by atoms with Crippen LogP contribution in [0.3, 0.4) is 0 Å². The van der Waals surface area contributed by atoms with Crippen LogP contribution in [0.1, 0.15) is 23.1 Å². The van der Waals surface area contributed by atoms with E-state index in [-0.39, 0.29) is 5.78 Å². The number of carbonyl (C=O) groups excluding carboxylic acids is 1. The molecule has 0 spiro atoms. The molecule has 1 aromatic heterocycles. The first-order chi connectivity index (χ1) is 4.20. The van der Waals surface area contributed by atoms with Gasteiger partial charge in [0.1, 0.15) is 5.69 Å². The number of nitrogens with one attached hydrogen (secondary N) is 1. The number of aromatic nitrogens is 2. The standard InChI is InChI=1S/C6H8N2O/c1-4-3-6(5(2)9)8-7-4/h3H,1-2H3,(H,7,8). The molecular formula is C6H8N2O. The maximum Gasteiger partial charge on any atom is 0.177 e. The SMILES string of the molecule is CC(=O)c1cc(C)n[nH]1. The van der Waals surface area contributed by atoms with Crippen LogP contribution in [0.5, 0.6) is 0 Å². The number of hydrogen-bond acceptors (Lipinski definition) is 2. The minimum atomic E-state index is 0.0237. The molecular weight excluding hydrogens is 116 g/mol. The van der Waals surface area contributed by atoms with Gasteiger partial charge in [-0.05, 0) is 13.0 Å². The van der Waals surface area contributed by atoms with Crippen LogP contribution in [0.2, 0.25) is 0 Å². The van der Waals surface area contributed by atoms with Crippen molar-refractivity contribution in [1.29, 1.82) is 0 Å². The number of H-pyrrole nitrogens is 1. The average molecular weight is 124 g/mol. The molecule has 0 atom stereocenters. The fourth-order valence-electron chi connectivity index (χ4n) is 0.602. The largest absolute Gasteiger partial charge is 0.293 e. The minimum Gasteiger partial charge on any atom is -0.293 e. The van der Waals surface area contributed by atoms with E-state index in [1.165, 1.54) is 6.92 Å². The first kappa shape index (κ1) is 6.01. The molecule has 3 nitrogen and oxygen atoms in total. The van der Waals surface area contributed by atoms with Gasteiger partial charge in [-0.15, -0.1) is 0 Å². The Kier molecular flexibility index (Phi) is 1.34. The Labute approximate surface area is 53.1 Å². The van der Waals surface area contributed by atoms with Crippen molar-refractivity contribution in [2.75, 3.05) is 0 Å². The number of hydrogen-bond donors (Lipinski definition) is 1. The monoisotopic (exact) mass is 124 g/mol. The molecule has 0 radical (unpaired) electrons. The lowest BCUT2D eigenvalue weighted by atomic mass is 10.3. The van der Waals surface area contributed by atoms with Crippen molar-refractivity contribution < 1.29 is 4.79 Å². The summed E-state index contributed by atoms with van der Waals surface area (Å²) >= 11 is 0. The van der Waals surface area contributed by atoms with E-state index < -0.39 is 0 Å². The molecule has 0 aliphatic carbocycles. The number of nitrogens with zero attached hydrogens (tertiary/aromatic N) is 1. The van der Waals surface area contributed by atoms with Gasteiger partial charge in [-0.2, -0.15) is 5.10 Å². The zero-order valence-electron chi connectivity index (χ0n) is 5.43. The second-order valence-corrected chi connectivity index (χ2v) is 1.98. The van der Waals surface area contributed by atoms with Gasteiger partial charge in [0.2, 0.25) is 0 Å². The van der Waals surface area contributed by atoms with Crippen molar-refractivity contribution in [2.45, 2.75) is 13.8 Å². The summed E-state index contributed by atoms with van der Waals surface area (Å²) in [6.07, 6.45) is 0. The molecule has 48 valence electrons. The highest BCUT2D eigenvalue weighted by atomic mass is 16.1. The van der Waals surface area contributed by atoms with E-state index >= 15 is 0 Å². The fourth-order valence-corrected chi connectivity index (χ4v) is 0.602. The van der Waals surface area contributed by atoms with E-state index in [1.807, 2.05) is 6.92 Å². The minimum absolute atomic E-state index is 0.0237. The van der Waals surface area contributed by atoms with E-state index in [0.717, 1.165) is 5.69 Å². The molecule has 9 heavy (non-hydrogen) atoms. The van der Waals surface area contributed by atoms with Gasteiger partial charge in [-0.3, -0.25) is 9.89 Å². The van der Waals surface area contributed by atoms with E-state index in [4.69, 9.17) is 0 Å². The Balaban J connectivity index is 2.98. The van der Waals surface area contributed by atoms with Gasteiger partial charge < -0.3 is 0 Å². The normalized spacial score (nSPS) is 9.56. The lowest BCUT2D eigenvalue weighted by Gasteiger charge is -1.80. The lowest BCUT2D eigenvalue weighted by molar-refractivity contribution is 0.101. The summed E-state index contributed by atoms with van der Waals surface area (Å²) < 4.78 is 0. The predicted molar refractivity (Wildman–Crippen MR) is 33.3 cm³/mol. The summed E-state index contributed by atoms with van der Waals surface area (Å²) in [5, 5.41) is 6.40. The highest BCUT2D eigenvalue weighted by Gasteiger charge is 1.99. The molecule has 0 amide bonds. The van der Waals surface area contributed by atoms with Crippen LogP contribution < -0.4 is 0 Å². The highest BCUT2D eigenvalue weighted by Crippen LogP contribution is 1.96. The number of aryl methyl sites for hydroxylation is 1. The maximum atomic E-state index is 10.6. The van der Waals surface area contributed by atoms with E-state index in [9.17, 15) is 4.79 Å². The smallest absolute Gasteiger partial charge is 0.177 e. The number of aromatic amines is 1. The quantitative estimate of drug-likeness (QED) is 0.566. The molecule has 0 fully saturated rings. The van der Waals surface area contributed by atoms with Crippen LogP contribution in [0, 0.1) is 6.92 Å². The van der Waals surface area contributed by atoms with Crippen molar-refractivity contribution >= 4 is 5.78 Å². The summed E-state index contributed by atoms with van der Waals surface area (Å²) in [7, 11) is 0. The van der Waals surface area contributed by atoms with Gasteiger partial charge in [-0.1, -0.05) is 0 Å². The van der Waals surface area contributed by atoms with Crippen molar-refractivity contribution in [3.8, 4) is 0 Å².